The first kappa shape index (κ1) is 14.9. The summed E-state index contributed by atoms with van der Waals surface area (Å²) in [5.41, 5.74) is 6.30. The Balaban J connectivity index is 1.95. The van der Waals surface area contributed by atoms with Crippen LogP contribution in [0.25, 0.3) is 11.3 Å². The predicted octanol–water partition coefficient (Wildman–Crippen LogP) is 1.80. The average molecular weight is 320 g/mol. The van der Waals surface area contributed by atoms with Gasteiger partial charge in [0.05, 0.1) is 0 Å². The normalized spacial score (nSPS) is 16.0. The first-order valence-corrected chi connectivity index (χ1v) is 7.87. The molecule has 0 unspecified atom stereocenters. The first-order chi connectivity index (χ1) is 10.6. The molecule has 7 heteroatoms. The largest absolute Gasteiger partial charge is 0.366 e. The summed E-state index contributed by atoms with van der Waals surface area (Å²) in [6.07, 6.45) is 0. The fourth-order valence-corrected chi connectivity index (χ4v) is 3.36. The van der Waals surface area contributed by atoms with Crippen LogP contribution in [0.2, 0.25) is 0 Å². The highest BCUT2D eigenvalue weighted by molar-refractivity contribution is 7.14. The number of piperazine rings is 1. The zero-order chi connectivity index (χ0) is 15.7. The smallest absolute Gasteiger partial charge is 0.249 e. The molecule has 1 fully saturated rings. The summed E-state index contributed by atoms with van der Waals surface area (Å²) < 4.78 is 14.3. The highest BCUT2D eigenvalue weighted by atomic mass is 32.1. The standard InChI is InChI=1S/C15H17FN4OS/c1-19-6-8-20(9-7-19)15-18-12(13(16)22-15)10-4-2-3-5-11(10)14(17)21/h2-5H,6-9H2,1H3,(H2,17,21). The number of nitrogens with two attached hydrogens (primary N) is 1. The van der Waals surface area contributed by atoms with Gasteiger partial charge in [0.15, 0.2) is 5.13 Å². The number of benzene rings is 1. The number of amides is 1. The number of aromatic nitrogens is 1. The maximum atomic E-state index is 14.3. The molecule has 0 atom stereocenters. The second-order valence-corrected chi connectivity index (χ2v) is 6.25. The van der Waals surface area contributed by atoms with Crippen molar-refractivity contribution in [1.29, 1.82) is 0 Å². The minimum Gasteiger partial charge on any atom is -0.366 e. The van der Waals surface area contributed by atoms with E-state index in [1.807, 2.05) is 0 Å². The van der Waals surface area contributed by atoms with E-state index >= 15 is 0 Å². The van der Waals surface area contributed by atoms with Crippen LogP contribution in [0, 0.1) is 5.13 Å². The Morgan fingerprint density at radius 2 is 1.95 bits per heavy atom. The lowest BCUT2D eigenvalue weighted by molar-refractivity contribution is 0.100. The molecule has 3 rings (SSSR count). The number of anilines is 1. The number of nitrogens with zero attached hydrogens (tertiary/aromatic N) is 3. The van der Waals surface area contributed by atoms with E-state index in [1.54, 1.807) is 24.3 Å². The van der Waals surface area contributed by atoms with Crippen molar-refractivity contribution in [2.45, 2.75) is 0 Å². The van der Waals surface area contributed by atoms with Crippen molar-refractivity contribution in [3.8, 4) is 11.3 Å². The third-order valence-electron chi connectivity index (χ3n) is 3.80. The number of thiazole rings is 1. The lowest BCUT2D eigenvalue weighted by Gasteiger charge is -2.31. The summed E-state index contributed by atoms with van der Waals surface area (Å²) in [7, 11) is 2.06. The molecule has 0 aliphatic carbocycles. The Kier molecular flexibility index (Phi) is 4.08. The van der Waals surface area contributed by atoms with Crippen molar-refractivity contribution in [3.05, 3.63) is 35.0 Å². The van der Waals surface area contributed by atoms with Gasteiger partial charge >= 0.3 is 0 Å². The molecule has 1 amide bonds. The van der Waals surface area contributed by atoms with Crippen LogP contribution < -0.4 is 10.6 Å². The Bertz CT molecular complexity index is 695. The maximum absolute atomic E-state index is 14.3. The van der Waals surface area contributed by atoms with Gasteiger partial charge in [0.25, 0.3) is 0 Å². The quantitative estimate of drug-likeness (QED) is 0.937. The monoisotopic (exact) mass is 320 g/mol. The molecule has 0 saturated carbocycles. The summed E-state index contributed by atoms with van der Waals surface area (Å²) in [5, 5.41) is 0.266. The van der Waals surface area contributed by atoms with Gasteiger partial charge < -0.3 is 15.5 Å². The summed E-state index contributed by atoms with van der Waals surface area (Å²) in [5.74, 6) is -0.579. The van der Waals surface area contributed by atoms with Crippen molar-refractivity contribution in [2.75, 3.05) is 38.1 Å². The van der Waals surface area contributed by atoms with Crippen molar-refractivity contribution in [3.63, 3.8) is 0 Å². The molecule has 2 N–H and O–H groups in total. The molecule has 2 heterocycles. The van der Waals surface area contributed by atoms with Crippen molar-refractivity contribution < 1.29 is 9.18 Å². The van der Waals surface area contributed by atoms with Gasteiger partial charge in [0.1, 0.15) is 5.69 Å². The van der Waals surface area contributed by atoms with Crippen LogP contribution in [0.3, 0.4) is 0 Å². The molecular weight excluding hydrogens is 303 g/mol. The summed E-state index contributed by atoms with van der Waals surface area (Å²) in [4.78, 5) is 20.2. The van der Waals surface area contributed by atoms with Crippen LogP contribution in [0.15, 0.2) is 24.3 Å². The van der Waals surface area contributed by atoms with Crippen molar-refractivity contribution in [2.24, 2.45) is 5.73 Å². The minimum absolute atomic E-state index is 0.202. The topological polar surface area (TPSA) is 62.5 Å². The third kappa shape index (κ3) is 2.82. The van der Waals surface area contributed by atoms with Gasteiger partial charge in [0, 0.05) is 37.3 Å². The molecule has 1 aromatic heterocycles. The number of primary amides is 1. The summed E-state index contributed by atoms with van der Waals surface area (Å²) >= 11 is 1.01. The van der Waals surface area contributed by atoms with Gasteiger partial charge in [-0.15, -0.1) is 0 Å². The molecular formula is C15H17FN4OS. The van der Waals surface area contributed by atoms with Crippen molar-refractivity contribution >= 4 is 22.4 Å². The van der Waals surface area contributed by atoms with E-state index in [2.05, 4.69) is 21.8 Å². The van der Waals surface area contributed by atoms with E-state index in [-0.39, 0.29) is 16.4 Å². The van der Waals surface area contributed by atoms with Gasteiger partial charge in [-0.1, -0.05) is 29.5 Å². The maximum Gasteiger partial charge on any atom is 0.249 e. The Morgan fingerprint density at radius 1 is 1.27 bits per heavy atom. The summed E-state index contributed by atoms with van der Waals surface area (Å²) in [6, 6.07) is 6.71. The van der Waals surface area contributed by atoms with Crippen LogP contribution in [-0.2, 0) is 0 Å². The highest BCUT2D eigenvalue weighted by Gasteiger charge is 2.22. The lowest BCUT2D eigenvalue weighted by Crippen LogP contribution is -2.44. The van der Waals surface area contributed by atoms with Crippen molar-refractivity contribution in [1.82, 2.24) is 9.88 Å². The zero-order valence-corrected chi connectivity index (χ0v) is 13.1. The van der Waals surface area contributed by atoms with Gasteiger partial charge in [-0.3, -0.25) is 4.79 Å². The zero-order valence-electron chi connectivity index (χ0n) is 12.3. The second kappa shape index (κ2) is 6.02. The average Bonchev–Trinajstić information content (AvgIpc) is 2.89. The van der Waals surface area contributed by atoms with E-state index in [9.17, 15) is 9.18 Å². The number of halogens is 1. The third-order valence-corrected chi connectivity index (χ3v) is 4.70. The molecule has 0 spiro atoms. The fraction of sp³-hybridized carbons (Fsp3) is 0.333. The minimum atomic E-state index is -0.579. The van der Waals surface area contributed by atoms with Crippen LogP contribution in [0.4, 0.5) is 9.52 Å². The van der Waals surface area contributed by atoms with E-state index in [0.29, 0.717) is 10.7 Å². The fourth-order valence-electron chi connectivity index (χ4n) is 2.49. The Hall–Kier alpha value is -1.99. The van der Waals surface area contributed by atoms with Crippen LogP contribution >= 0.6 is 11.3 Å². The van der Waals surface area contributed by atoms with E-state index in [0.717, 1.165) is 37.5 Å². The van der Waals surface area contributed by atoms with Crippen LogP contribution in [-0.4, -0.2) is 49.0 Å². The number of carbonyl (C=O) groups is 1. The summed E-state index contributed by atoms with van der Waals surface area (Å²) in [6.45, 7) is 3.49. The van der Waals surface area contributed by atoms with Gasteiger partial charge in [-0.05, 0) is 13.1 Å². The number of carbonyl (C=O) groups excluding carboxylic acids is 1. The van der Waals surface area contributed by atoms with Crippen LogP contribution in [0.1, 0.15) is 10.4 Å². The number of likely N-dealkylation sites (N-methyl/N-ethyl adjacent to an activating group) is 1. The molecule has 2 aromatic rings. The molecule has 0 radical (unpaired) electrons. The Labute approximate surface area is 132 Å². The van der Waals surface area contributed by atoms with Gasteiger partial charge in [0.2, 0.25) is 11.0 Å². The molecule has 1 aromatic carbocycles. The molecule has 1 saturated heterocycles. The van der Waals surface area contributed by atoms with Crippen LogP contribution in [0.5, 0.6) is 0 Å². The molecule has 116 valence electrons. The molecule has 1 aliphatic heterocycles. The molecule has 22 heavy (non-hydrogen) atoms. The number of hydrogen-bond acceptors (Lipinski definition) is 5. The molecule has 1 aliphatic rings. The molecule has 5 nitrogen and oxygen atoms in total. The highest BCUT2D eigenvalue weighted by Crippen LogP contribution is 2.33. The predicted molar refractivity (Wildman–Crippen MR) is 85.7 cm³/mol. The number of hydrogen-bond donors (Lipinski definition) is 1. The van der Waals surface area contributed by atoms with E-state index in [4.69, 9.17) is 5.73 Å². The van der Waals surface area contributed by atoms with Gasteiger partial charge in [-0.2, -0.15) is 4.39 Å². The van der Waals surface area contributed by atoms with E-state index in [1.165, 1.54) is 0 Å². The lowest BCUT2D eigenvalue weighted by atomic mass is 10.0. The molecule has 0 bridgehead atoms. The second-order valence-electron chi connectivity index (χ2n) is 5.32. The van der Waals surface area contributed by atoms with E-state index < -0.39 is 5.91 Å². The first-order valence-electron chi connectivity index (χ1n) is 7.05. The SMILES string of the molecule is CN1CCN(c2nc(-c3ccccc3C(N)=O)c(F)s2)CC1. The Morgan fingerprint density at radius 3 is 2.64 bits per heavy atom. The van der Waals surface area contributed by atoms with Gasteiger partial charge in [-0.25, -0.2) is 4.98 Å². The number of rotatable bonds is 3.